The van der Waals surface area contributed by atoms with Crippen molar-refractivity contribution in [3.05, 3.63) is 69.8 Å². The average molecular weight is 435 g/mol. The third-order valence-electron chi connectivity index (χ3n) is 7.10. The Morgan fingerprint density at radius 1 is 0.875 bits per heavy atom. The molecule has 4 heteroatoms. The second-order valence-electron chi connectivity index (χ2n) is 10.6. The molecule has 2 atom stereocenters. The summed E-state index contributed by atoms with van der Waals surface area (Å²) in [5.74, 6) is -0.907. The number of aryl methyl sites for hydroxylation is 1. The molecule has 170 valence electrons. The van der Waals surface area contributed by atoms with E-state index in [9.17, 15) is 4.79 Å². The molecule has 1 heterocycles. The van der Waals surface area contributed by atoms with Crippen LogP contribution in [0.5, 0.6) is 0 Å². The van der Waals surface area contributed by atoms with Gasteiger partial charge in [-0.15, -0.1) is 0 Å². The Morgan fingerprint density at radius 3 is 1.94 bits per heavy atom. The van der Waals surface area contributed by atoms with E-state index in [4.69, 9.17) is 14.2 Å². The molecule has 0 bridgehead atoms. The van der Waals surface area contributed by atoms with Gasteiger partial charge in [0.25, 0.3) is 0 Å². The van der Waals surface area contributed by atoms with Crippen LogP contribution in [0.1, 0.15) is 79.7 Å². The Bertz CT molecular complexity index is 1070. The zero-order valence-corrected chi connectivity index (χ0v) is 20.4. The zero-order valence-electron chi connectivity index (χ0n) is 20.4. The van der Waals surface area contributed by atoms with E-state index in [0.29, 0.717) is 5.56 Å². The number of benzene rings is 2. The number of carbonyl (C=O) groups is 1. The van der Waals surface area contributed by atoms with Gasteiger partial charge >= 0.3 is 5.97 Å². The minimum absolute atomic E-state index is 0.00844. The van der Waals surface area contributed by atoms with Crippen LogP contribution in [0.3, 0.4) is 0 Å². The van der Waals surface area contributed by atoms with Gasteiger partial charge < -0.3 is 14.2 Å². The molecule has 32 heavy (non-hydrogen) atoms. The van der Waals surface area contributed by atoms with Crippen LogP contribution in [-0.2, 0) is 25.0 Å². The second-order valence-corrected chi connectivity index (χ2v) is 10.6. The number of rotatable bonds is 3. The van der Waals surface area contributed by atoms with Crippen molar-refractivity contribution in [1.82, 2.24) is 0 Å². The van der Waals surface area contributed by atoms with Crippen LogP contribution in [0.25, 0.3) is 12.2 Å². The van der Waals surface area contributed by atoms with E-state index in [1.54, 1.807) is 12.1 Å². The Balaban J connectivity index is 1.71. The molecule has 4 rings (SSSR count). The van der Waals surface area contributed by atoms with Crippen LogP contribution in [0.4, 0.5) is 0 Å². The van der Waals surface area contributed by atoms with Gasteiger partial charge in [-0.3, -0.25) is 0 Å². The largest absolute Gasteiger partial charge is 0.465 e. The minimum atomic E-state index is -0.583. The lowest BCUT2D eigenvalue weighted by Crippen LogP contribution is -2.54. The van der Waals surface area contributed by atoms with Gasteiger partial charge in [-0.05, 0) is 60.7 Å². The molecule has 2 aromatic carbocycles. The van der Waals surface area contributed by atoms with Gasteiger partial charge in [-0.1, -0.05) is 64.1 Å². The van der Waals surface area contributed by atoms with Crippen molar-refractivity contribution in [1.29, 1.82) is 0 Å². The maximum atomic E-state index is 11.7. The normalized spacial score (nSPS) is 24.8. The molecule has 1 saturated heterocycles. The van der Waals surface area contributed by atoms with Gasteiger partial charge in [0.1, 0.15) is 0 Å². The summed E-state index contributed by atoms with van der Waals surface area (Å²) in [4.78, 5) is 11.7. The van der Waals surface area contributed by atoms with Crippen molar-refractivity contribution in [2.45, 2.75) is 77.3 Å². The molecule has 2 aliphatic rings. The van der Waals surface area contributed by atoms with Crippen LogP contribution in [0.2, 0.25) is 0 Å². The number of hydrogen-bond acceptors (Lipinski definition) is 4. The summed E-state index contributed by atoms with van der Waals surface area (Å²) in [5.41, 5.74) is 6.31. The lowest BCUT2D eigenvalue weighted by Gasteiger charge is -2.48. The quantitative estimate of drug-likeness (QED) is 0.436. The summed E-state index contributed by atoms with van der Waals surface area (Å²) in [6.45, 7) is 15.2. The summed E-state index contributed by atoms with van der Waals surface area (Å²) >= 11 is 0. The molecule has 0 N–H and O–H groups in total. The van der Waals surface area contributed by atoms with E-state index >= 15 is 0 Å². The standard InChI is InChI=1S/C28H34O4/c1-17-15-21-22(27(4,5)24-23(26(21,2)3)31-28(6,7)32-24)16-20(17)14-11-18-9-12-19(13-10-18)25(29)30-8/h9-16,23-24H,1-8H3/b14-11+/t23?,24-/m1/s1. The molecule has 0 saturated carbocycles. The van der Waals surface area contributed by atoms with Crippen LogP contribution in [0, 0.1) is 6.92 Å². The number of esters is 1. The van der Waals surface area contributed by atoms with E-state index in [2.05, 4.69) is 58.9 Å². The Hall–Kier alpha value is -2.43. The smallest absolute Gasteiger partial charge is 0.337 e. The molecule has 0 radical (unpaired) electrons. The van der Waals surface area contributed by atoms with E-state index in [1.807, 2.05) is 26.0 Å². The first kappa shape index (κ1) is 22.8. The second kappa shape index (κ2) is 7.57. The van der Waals surface area contributed by atoms with Gasteiger partial charge in [0.15, 0.2) is 5.79 Å². The molecule has 2 aromatic rings. The highest BCUT2D eigenvalue weighted by atomic mass is 16.8. The molecule has 1 aliphatic carbocycles. The Labute approximate surface area is 191 Å². The number of ether oxygens (including phenoxy) is 3. The van der Waals surface area contributed by atoms with Crippen molar-refractivity contribution >= 4 is 18.1 Å². The summed E-state index contributed by atoms with van der Waals surface area (Å²) < 4.78 is 17.6. The predicted octanol–water partition coefficient (Wildman–Crippen LogP) is 6.04. The third-order valence-corrected chi connectivity index (χ3v) is 7.10. The summed E-state index contributed by atoms with van der Waals surface area (Å²) in [5, 5.41) is 0. The molecular weight excluding hydrogens is 400 g/mol. The fraction of sp³-hybridized carbons (Fsp3) is 0.464. The maximum absolute atomic E-state index is 11.7. The van der Waals surface area contributed by atoms with Crippen molar-refractivity contribution in [3.63, 3.8) is 0 Å². The lowest BCUT2D eigenvalue weighted by molar-refractivity contribution is -0.153. The fourth-order valence-corrected chi connectivity index (χ4v) is 5.13. The average Bonchev–Trinajstić information content (AvgIpc) is 3.09. The Kier molecular flexibility index (Phi) is 5.38. The molecule has 0 amide bonds. The predicted molar refractivity (Wildman–Crippen MR) is 128 cm³/mol. The monoisotopic (exact) mass is 434 g/mol. The van der Waals surface area contributed by atoms with Crippen LogP contribution < -0.4 is 0 Å². The first-order chi connectivity index (χ1) is 14.9. The van der Waals surface area contributed by atoms with Crippen molar-refractivity contribution < 1.29 is 19.0 Å². The van der Waals surface area contributed by atoms with E-state index in [1.165, 1.54) is 29.4 Å². The molecule has 1 aliphatic heterocycles. The van der Waals surface area contributed by atoms with Gasteiger partial charge in [-0.25, -0.2) is 4.79 Å². The third kappa shape index (κ3) is 3.70. The van der Waals surface area contributed by atoms with Crippen molar-refractivity contribution in [3.8, 4) is 0 Å². The molecule has 0 spiro atoms. The number of hydrogen-bond donors (Lipinski definition) is 0. The van der Waals surface area contributed by atoms with Gasteiger partial charge in [-0.2, -0.15) is 0 Å². The van der Waals surface area contributed by atoms with Crippen LogP contribution >= 0.6 is 0 Å². The molecule has 0 aromatic heterocycles. The topological polar surface area (TPSA) is 44.8 Å². The first-order valence-electron chi connectivity index (χ1n) is 11.2. The SMILES string of the molecule is COC(=O)c1ccc(/C=C/c2cc3c(cc2C)C(C)(C)C2OC(C)(C)O[C@H]2C3(C)C)cc1. The van der Waals surface area contributed by atoms with Gasteiger partial charge in [0.05, 0.1) is 24.9 Å². The Morgan fingerprint density at radius 2 is 1.41 bits per heavy atom. The molecular formula is C28H34O4. The fourth-order valence-electron chi connectivity index (χ4n) is 5.13. The highest BCUT2D eigenvalue weighted by molar-refractivity contribution is 5.89. The highest BCUT2D eigenvalue weighted by Gasteiger charge is 2.59. The maximum Gasteiger partial charge on any atom is 0.337 e. The van der Waals surface area contributed by atoms with E-state index in [0.717, 1.165) is 5.56 Å². The number of fused-ring (bicyclic) bond motifs is 2. The van der Waals surface area contributed by atoms with Gasteiger partial charge in [0.2, 0.25) is 0 Å². The van der Waals surface area contributed by atoms with Crippen LogP contribution in [-0.4, -0.2) is 31.1 Å². The minimum Gasteiger partial charge on any atom is -0.465 e. The zero-order chi connectivity index (χ0) is 23.5. The summed E-state index contributed by atoms with van der Waals surface area (Å²) in [7, 11) is 1.39. The van der Waals surface area contributed by atoms with Crippen molar-refractivity contribution in [2.24, 2.45) is 0 Å². The van der Waals surface area contributed by atoms with E-state index < -0.39 is 5.79 Å². The molecule has 1 fully saturated rings. The van der Waals surface area contributed by atoms with Crippen LogP contribution in [0.15, 0.2) is 36.4 Å². The lowest BCUT2D eigenvalue weighted by atomic mass is 9.59. The summed E-state index contributed by atoms with van der Waals surface area (Å²) in [6.07, 6.45) is 4.23. The number of carbonyl (C=O) groups excluding carboxylic acids is 1. The highest BCUT2D eigenvalue weighted by Crippen LogP contribution is 2.53. The first-order valence-corrected chi connectivity index (χ1v) is 11.2. The van der Waals surface area contributed by atoms with E-state index in [-0.39, 0.29) is 29.0 Å². The molecule has 4 nitrogen and oxygen atoms in total. The molecule has 1 unspecified atom stereocenters. The van der Waals surface area contributed by atoms with Gasteiger partial charge in [0, 0.05) is 10.8 Å². The summed E-state index contributed by atoms with van der Waals surface area (Å²) in [6, 6.07) is 12.1. The van der Waals surface area contributed by atoms with Crippen molar-refractivity contribution in [2.75, 3.05) is 7.11 Å². The number of methoxy groups -OCH3 is 1.